The van der Waals surface area contributed by atoms with Gasteiger partial charge in [-0.3, -0.25) is 39.0 Å². The molecule has 0 aliphatic rings. The van der Waals surface area contributed by atoms with Crippen LogP contribution in [0.2, 0.25) is 0 Å². The molecule has 8 aromatic carbocycles. The van der Waals surface area contributed by atoms with Gasteiger partial charge < -0.3 is 43.3 Å². The molecule has 12 rings (SSSR count). The second kappa shape index (κ2) is 47.8. The van der Waals surface area contributed by atoms with Crippen LogP contribution in [-0.2, 0) is 62.9 Å². The van der Waals surface area contributed by atoms with E-state index in [9.17, 15) is 38.4 Å². The molecule has 12 aromatic rings. The SMILES string of the molecule is BrCc1cccc(CBr)c1.CCN(CC)Cc1cccc(Cn2ccc3ccc(C(=O)NO)cc3c2=O)c1.CCN(CC)Cc1cccc(Cn2ccc3ccc(C(=O)OC)cc3c2=O)c1.CCNCC.CO.COC(=O)c1ccc2cc[nH]c(=O)c2c1.COC(=O)c1ccc2ccn(Cc3cccc(CBr)c3)c(=O)c2c1. The number of carbonyl (C=O) groups is 4. The second-order valence-electron chi connectivity index (χ2n) is 25.2. The number of carbonyl (C=O) groups excluding carboxylic acids is 4. The first-order valence-electron chi connectivity index (χ1n) is 36.5. The minimum absolute atomic E-state index is 0.114. The van der Waals surface area contributed by atoms with Crippen molar-refractivity contribution in [2.24, 2.45) is 0 Å². The van der Waals surface area contributed by atoms with Crippen molar-refractivity contribution in [3.8, 4) is 0 Å². The number of aliphatic hydroxyl groups is 1. The Balaban J connectivity index is 0.000000220. The highest BCUT2D eigenvalue weighted by Gasteiger charge is 2.15. The number of nitrogens with zero attached hydrogens (tertiary/aromatic N) is 5. The van der Waals surface area contributed by atoms with E-state index in [1.807, 2.05) is 60.7 Å². The van der Waals surface area contributed by atoms with Crippen LogP contribution in [-0.4, -0.2) is 130 Å². The summed E-state index contributed by atoms with van der Waals surface area (Å²) in [6.45, 7) is 22.2. The summed E-state index contributed by atoms with van der Waals surface area (Å²) in [6, 6.07) is 60.3. The van der Waals surface area contributed by atoms with Crippen LogP contribution in [0.4, 0.5) is 0 Å². The zero-order valence-corrected chi connectivity index (χ0v) is 69.7. The van der Waals surface area contributed by atoms with E-state index >= 15 is 0 Å². The third-order valence-corrected chi connectivity index (χ3v) is 19.9. The molecule has 4 heterocycles. The van der Waals surface area contributed by atoms with Crippen LogP contribution in [0.15, 0.2) is 238 Å². The van der Waals surface area contributed by atoms with E-state index in [2.05, 4.69) is 169 Å². The largest absolute Gasteiger partial charge is 0.465 e. The van der Waals surface area contributed by atoms with Crippen molar-refractivity contribution in [1.29, 1.82) is 0 Å². The molecule has 1 amide bonds. The van der Waals surface area contributed by atoms with E-state index in [1.54, 1.807) is 111 Å². The van der Waals surface area contributed by atoms with E-state index in [1.165, 1.54) is 55.7 Å². The number of pyridine rings is 4. The summed E-state index contributed by atoms with van der Waals surface area (Å²) in [6.07, 6.45) is 6.93. The summed E-state index contributed by atoms with van der Waals surface area (Å²) >= 11 is 10.3. The van der Waals surface area contributed by atoms with E-state index in [4.69, 9.17) is 19.8 Å². The molecule has 0 unspecified atom stereocenters. The molecule has 4 aromatic heterocycles. The van der Waals surface area contributed by atoms with E-state index in [0.29, 0.717) is 57.9 Å². The number of ether oxygens (including phenoxy) is 3. The Morgan fingerprint density at radius 3 is 1.00 bits per heavy atom. The lowest BCUT2D eigenvalue weighted by Gasteiger charge is -2.18. The first-order valence-corrected chi connectivity index (χ1v) is 39.9. The molecule has 590 valence electrons. The maximum atomic E-state index is 13.0. The third kappa shape index (κ3) is 26.7. The van der Waals surface area contributed by atoms with Crippen LogP contribution in [0.1, 0.15) is 127 Å². The number of methoxy groups -OCH3 is 3. The minimum atomic E-state index is -0.638. The number of aliphatic hydroxyl groups excluding tert-OH is 1. The Kier molecular flexibility index (Phi) is 38.7. The summed E-state index contributed by atoms with van der Waals surface area (Å²) in [5, 5.41) is 26.7. The molecule has 112 heavy (non-hydrogen) atoms. The monoisotopic (exact) mass is 1710 g/mol. The van der Waals surface area contributed by atoms with Gasteiger partial charge in [0.25, 0.3) is 28.1 Å². The van der Waals surface area contributed by atoms with Gasteiger partial charge in [-0.05, 0) is 178 Å². The highest BCUT2D eigenvalue weighted by Crippen LogP contribution is 2.20. The highest BCUT2D eigenvalue weighted by atomic mass is 79.9. The number of rotatable bonds is 23. The molecule has 0 saturated heterocycles. The first-order chi connectivity index (χ1) is 54.2. The summed E-state index contributed by atoms with van der Waals surface area (Å²) in [5.41, 5.74) is 11.8. The third-order valence-electron chi connectivity index (χ3n) is 17.9. The molecule has 0 bridgehead atoms. The Morgan fingerprint density at radius 2 is 0.688 bits per heavy atom. The number of benzene rings is 8. The van der Waals surface area contributed by atoms with E-state index in [0.717, 1.165) is 119 Å². The number of aromatic nitrogens is 4. The van der Waals surface area contributed by atoms with Crippen molar-refractivity contribution in [2.75, 3.05) is 67.7 Å². The van der Waals surface area contributed by atoms with Crippen LogP contribution < -0.4 is 33.0 Å². The van der Waals surface area contributed by atoms with Crippen LogP contribution in [0, 0.1) is 0 Å². The molecular weight excluding hydrogens is 1620 g/mol. The van der Waals surface area contributed by atoms with Crippen molar-refractivity contribution >= 4 is 115 Å². The van der Waals surface area contributed by atoms with Crippen molar-refractivity contribution in [1.82, 2.24) is 39.3 Å². The number of amides is 1. The molecule has 0 aliphatic carbocycles. The Bertz CT molecular complexity index is 5140. The lowest BCUT2D eigenvalue weighted by atomic mass is 10.1. The number of halogens is 3. The number of hydrogen-bond acceptors (Lipinski definition) is 16. The molecule has 24 heteroatoms. The lowest BCUT2D eigenvalue weighted by Crippen LogP contribution is -2.23. The predicted molar refractivity (Wildman–Crippen MR) is 459 cm³/mol. The molecule has 21 nitrogen and oxygen atoms in total. The lowest BCUT2D eigenvalue weighted by molar-refractivity contribution is 0.0592. The van der Waals surface area contributed by atoms with Gasteiger partial charge in [-0.1, -0.05) is 211 Å². The smallest absolute Gasteiger partial charge is 0.337 e. The molecule has 0 atom stereocenters. The van der Waals surface area contributed by atoms with Gasteiger partial charge >= 0.3 is 17.9 Å². The fourth-order valence-corrected chi connectivity index (χ4v) is 12.9. The summed E-state index contributed by atoms with van der Waals surface area (Å²) in [5.74, 6) is -1.97. The summed E-state index contributed by atoms with van der Waals surface area (Å²) < 4.78 is 19.0. The van der Waals surface area contributed by atoms with Gasteiger partial charge in [0.15, 0.2) is 0 Å². The molecular formula is C88H99Br3N8O13. The van der Waals surface area contributed by atoms with Crippen LogP contribution in [0.25, 0.3) is 43.1 Å². The number of hydroxylamine groups is 1. The topological polar surface area (TPSA) is 266 Å². The number of nitrogens with one attached hydrogen (secondary N) is 3. The van der Waals surface area contributed by atoms with Gasteiger partial charge in [0.2, 0.25) is 0 Å². The average molecular weight is 1720 g/mol. The van der Waals surface area contributed by atoms with Crippen LogP contribution in [0.3, 0.4) is 0 Å². The minimum Gasteiger partial charge on any atom is -0.465 e. The Labute approximate surface area is 678 Å². The number of alkyl halides is 3. The van der Waals surface area contributed by atoms with Gasteiger partial charge in [0, 0.05) is 88.1 Å². The fraction of sp³-hybridized carbons (Fsp3) is 0.273. The van der Waals surface area contributed by atoms with Gasteiger partial charge in [0.1, 0.15) is 0 Å². The molecule has 0 aliphatic heterocycles. The van der Waals surface area contributed by atoms with Crippen molar-refractivity contribution < 1.29 is 43.7 Å². The summed E-state index contributed by atoms with van der Waals surface area (Å²) in [7, 11) is 4.97. The zero-order chi connectivity index (χ0) is 81.7. The first kappa shape index (κ1) is 90.6. The van der Waals surface area contributed by atoms with Gasteiger partial charge in [0.05, 0.1) is 57.7 Å². The Hall–Kier alpha value is -10.3. The fourth-order valence-electron chi connectivity index (χ4n) is 11.8. The number of hydrogen-bond donors (Lipinski definition) is 5. The highest BCUT2D eigenvalue weighted by molar-refractivity contribution is 9.09. The zero-order valence-electron chi connectivity index (χ0n) is 64.9. The number of esters is 3. The molecule has 0 saturated carbocycles. The number of fused-ring (bicyclic) bond motifs is 4. The average Bonchev–Trinajstić information content (AvgIpc) is 0.812. The standard InChI is InChI=1S/C23H26N2O3.C22H25N3O3.C19H16BrNO3.C11H9NO3.C8H8Br2.C4H11N.CH4O/c1-4-24(5-2)15-17-7-6-8-18(13-17)16-25-12-11-19-9-10-20(23(27)28-3)14-21(19)22(25)26;1-3-24(4-2)14-16-6-5-7-17(12-16)15-25-11-10-18-8-9-19(21(26)23-28)13-20(18)22(25)27;1-24-19(23)16-6-5-15-7-8-21(18(22)17(15)10-16)12-14-4-2-3-13(9-14)11-20;1-15-11(14)8-3-2-7-4-5-12-10(13)9(7)6-8;9-5-7-2-1-3-8(4-7)6-10;1-3-5-4-2;1-2/h6-14H,4-5,15-16H2,1-3H3;5-13,28H,3-4,14-15H2,1-2H3,(H,23,26);2-10H,11-12H2,1H3;2-6H,1H3,(H,12,13);1-4H,5-6H2;5H,3-4H2,1-2H3;2H,1H3. The summed E-state index contributed by atoms with van der Waals surface area (Å²) in [4.78, 5) is 104. The van der Waals surface area contributed by atoms with Crippen LogP contribution >= 0.6 is 47.8 Å². The molecule has 0 spiro atoms. The van der Waals surface area contributed by atoms with Crippen LogP contribution in [0.5, 0.6) is 0 Å². The van der Waals surface area contributed by atoms with Gasteiger partial charge in [-0.2, -0.15) is 0 Å². The number of H-pyrrole nitrogens is 1. The number of aromatic amines is 1. The Morgan fingerprint density at radius 1 is 0.393 bits per heavy atom. The maximum absolute atomic E-state index is 13.0. The molecule has 0 radical (unpaired) electrons. The second-order valence-corrected chi connectivity index (χ2v) is 26.9. The normalized spacial score (nSPS) is 10.5. The maximum Gasteiger partial charge on any atom is 0.337 e. The van der Waals surface area contributed by atoms with Crippen molar-refractivity contribution in [2.45, 2.75) is 90.3 Å². The van der Waals surface area contributed by atoms with E-state index in [-0.39, 0.29) is 27.8 Å². The quantitative estimate of drug-likeness (QED) is 0.0131. The van der Waals surface area contributed by atoms with Crippen molar-refractivity contribution in [3.05, 3.63) is 327 Å². The van der Waals surface area contributed by atoms with Gasteiger partial charge in [-0.25, -0.2) is 19.9 Å². The molecule has 0 fully saturated rings. The molecule has 5 N–H and O–H groups in total. The predicted octanol–water partition coefficient (Wildman–Crippen LogP) is 15.4. The van der Waals surface area contributed by atoms with E-state index < -0.39 is 23.8 Å². The van der Waals surface area contributed by atoms with Crippen molar-refractivity contribution in [3.63, 3.8) is 0 Å². The van der Waals surface area contributed by atoms with Gasteiger partial charge in [-0.15, -0.1) is 0 Å².